The molecule has 0 saturated carbocycles. The van der Waals surface area contributed by atoms with Crippen molar-refractivity contribution >= 4 is 29.0 Å². The minimum Gasteiger partial charge on any atom is -0.495 e. The van der Waals surface area contributed by atoms with Crippen molar-refractivity contribution in [3.63, 3.8) is 0 Å². The molecule has 98 valence electrons. The van der Waals surface area contributed by atoms with E-state index >= 15 is 0 Å². The number of anilines is 1. The molecule has 0 aliphatic rings. The molecule has 0 aromatic heterocycles. The summed E-state index contributed by atoms with van der Waals surface area (Å²) in [7, 11) is 2.82. The molecule has 18 heavy (non-hydrogen) atoms. The first kappa shape index (κ1) is 14.3. The maximum absolute atomic E-state index is 11.6. The number of halogens is 1. The zero-order valence-electron chi connectivity index (χ0n) is 10.6. The van der Waals surface area contributed by atoms with Crippen LogP contribution in [-0.4, -0.2) is 25.9 Å². The lowest BCUT2D eigenvalue weighted by molar-refractivity contribution is -0.114. The van der Waals surface area contributed by atoms with Gasteiger partial charge in [-0.3, -0.25) is 9.59 Å². The summed E-state index contributed by atoms with van der Waals surface area (Å²) in [4.78, 5) is 22.7. The number of rotatable bonds is 4. The normalized spacial score (nSPS) is 9.83. The van der Waals surface area contributed by atoms with Gasteiger partial charge in [-0.2, -0.15) is 0 Å². The van der Waals surface area contributed by atoms with Crippen LogP contribution >= 0.6 is 11.6 Å². The summed E-state index contributed by atoms with van der Waals surface area (Å²) in [5.41, 5.74) is 0.527. The summed E-state index contributed by atoms with van der Waals surface area (Å²) in [6, 6.07) is 1.48. The molecule has 1 amide bonds. The van der Waals surface area contributed by atoms with E-state index in [-0.39, 0.29) is 28.1 Å². The lowest BCUT2D eigenvalue weighted by atomic mass is 10.1. The fourth-order valence-electron chi connectivity index (χ4n) is 1.53. The average molecular weight is 272 g/mol. The van der Waals surface area contributed by atoms with Crippen molar-refractivity contribution in [3.8, 4) is 11.5 Å². The van der Waals surface area contributed by atoms with Crippen LogP contribution < -0.4 is 14.8 Å². The number of Topliss-reactive ketones (excluding diaryl/α,β-unsaturated/α-hetero) is 1. The summed E-state index contributed by atoms with van der Waals surface area (Å²) < 4.78 is 10.2. The molecule has 0 radical (unpaired) electrons. The van der Waals surface area contributed by atoms with Gasteiger partial charge in [0.1, 0.15) is 16.5 Å². The molecular formula is C12H14ClNO4. The van der Waals surface area contributed by atoms with Gasteiger partial charge in [-0.15, -0.1) is 0 Å². The van der Waals surface area contributed by atoms with Gasteiger partial charge >= 0.3 is 0 Å². The van der Waals surface area contributed by atoms with E-state index in [9.17, 15) is 9.59 Å². The van der Waals surface area contributed by atoms with Crippen molar-refractivity contribution in [1.29, 1.82) is 0 Å². The van der Waals surface area contributed by atoms with Gasteiger partial charge in [0.25, 0.3) is 0 Å². The lowest BCUT2D eigenvalue weighted by Crippen LogP contribution is -2.10. The SMILES string of the molecule is COc1cc(C(C)=O)c(OC)c(NC(C)=O)c1Cl. The van der Waals surface area contributed by atoms with Gasteiger partial charge in [0.05, 0.1) is 19.8 Å². The highest BCUT2D eigenvalue weighted by atomic mass is 35.5. The molecule has 0 spiro atoms. The number of ketones is 1. The van der Waals surface area contributed by atoms with Gasteiger partial charge in [0.2, 0.25) is 5.91 Å². The van der Waals surface area contributed by atoms with Crippen molar-refractivity contribution in [2.75, 3.05) is 19.5 Å². The molecule has 0 saturated heterocycles. The third kappa shape index (κ3) is 2.73. The summed E-state index contributed by atoms with van der Waals surface area (Å²) >= 11 is 6.08. The first-order valence-corrected chi connectivity index (χ1v) is 5.53. The van der Waals surface area contributed by atoms with E-state index in [1.165, 1.54) is 34.1 Å². The van der Waals surface area contributed by atoms with Crippen LogP contribution in [0.4, 0.5) is 5.69 Å². The lowest BCUT2D eigenvalue weighted by Gasteiger charge is -2.16. The number of nitrogens with one attached hydrogen (secondary N) is 1. The van der Waals surface area contributed by atoms with Gasteiger partial charge in [0.15, 0.2) is 11.5 Å². The van der Waals surface area contributed by atoms with E-state index in [1.807, 2.05) is 0 Å². The molecule has 0 unspecified atom stereocenters. The Labute approximate surface area is 110 Å². The van der Waals surface area contributed by atoms with Gasteiger partial charge in [0, 0.05) is 6.92 Å². The van der Waals surface area contributed by atoms with E-state index in [4.69, 9.17) is 21.1 Å². The Morgan fingerprint density at radius 2 is 1.83 bits per heavy atom. The molecule has 1 rings (SSSR count). The van der Waals surface area contributed by atoms with Crippen LogP contribution in [-0.2, 0) is 4.79 Å². The molecule has 0 aliphatic carbocycles. The van der Waals surface area contributed by atoms with Crippen molar-refractivity contribution < 1.29 is 19.1 Å². The van der Waals surface area contributed by atoms with Crippen molar-refractivity contribution in [2.45, 2.75) is 13.8 Å². The van der Waals surface area contributed by atoms with E-state index < -0.39 is 0 Å². The second-order valence-corrected chi connectivity index (χ2v) is 3.96. The van der Waals surface area contributed by atoms with Crippen molar-refractivity contribution in [1.82, 2.24) is 0 Å². The number of methoxy groups -OCH3 is 2. The maximum atomic E-state index is 11.6. The number of carbonyl (C=O) groups excluding carboxylic acids is 2. The van der Waals surface area contributed by atoms with Crippen molar-refractivity contribution in [3.05, 3.63) is 16.7 Å². The van der Waals surface area contributed by atoms with Crippen LogP contribution in [0.5, 0.6) is 11.5 Å². The predicted molar refractivity (Wildman–Crippen MR) is 68.9 cm³/mol. The molecule has 1 aromatic carbocycles. The quantitative estimate of drug-likeness (QED) is 0.855. The smallest absolute Gasteiger partial charge is 0.221 e. The van der Waals surface area contributed by atoms with Gasteiger partial charge in [-0.05, 0) is 13.0 Å². The fraction of sp³-hybridized carbons (Fsp3) is 0.333. The minimum absolute atomic E-state index is 0.189. The first-order chi connectivity index (χ1) is 8.42. The monoisotopic (exact) mass is 271 g/mol. The van der Waals surface area contributed by atoms with Crippen LogP contribution in [0.3, 0.4) is 0 Å². The first-order valence-electron chi connectivity index (χ1n) is 5.15. The third-order valence-corrected chi connectivity index (χ3v) is 2.66. The molecule has 0 fully saturated rings. The zero-order valence-corrected chi connectivity index (χ0v) is 11.3. The van der Waals surface area contributed by atoms with E-state index in [2.05, 4.69) is 5.32 Å². The molecular weight excluding hydrogens is 258 g/mol. The molecule has 0 bridgehead atoms. The minimum atomic E-state index is -0.321. The molecule has 0 aliphatic heterocycles. The van der Waals surface area contributed by atoms with Crippen LogP contribution in [0.15, 0.2) is 6.07 Å². The number of benzene rings is 1. The number of hydrogen-bond donors (Lipinski definition) is 1. The Kier molecular flexibility index (Phi) is 4.55. The molecule has 5 nitrogen and oxygen atoms in total. The standard InChI is InChI=1S/C12H14ClNO4/c1-6(15)8-5-9(17-3)10(13)11(12(8)18-4)14-7(2)16/h5H,1-4H3,(H,14,16). The molecule has 1 N–H and O–H groups in total. The van der Waals surface area contributed by atoms with Gasteiger partial charge in [-0.25, -0.2) is 0 Å². The summed E-state index contributed by atoms with van der Waals surface area (Å²) in [5, 5.41) is 2.72. The highest BCUT2D eigenvalue weighted by Gasteiger charge is 2.21. The van der Waals surface area contributed by atoms with Crippen LogP contribution in [0.25, 0.3) is 0 Å². The van der Waals surface area contributed by atoms with Crippen LogP contribution in [0.1, 0.15) is 24.2 Å². The largest absolute Gasteiger partial charge is 0.495 e. The Morgan fingerprint density at radius 3 is 2.22 bits per heavy atom. The van der Waals surface area contributed by atoms with E-state index in [1.54, 1.807) is 0 Å². The zero-order chi connectivity index (χ0) is 13.9. The average Bonchev–Trinajstić information content (AvgIpc) is 2.30. The molecule has 0 heterocycles. The van der Waals surface area contributed by atoms with E-state index in [0.717, 1.165) is 0 Å². The molecule has 1 aromatic rings. The second-order valence-electron chi connectivity index (χ2n) is 3.59. The maximum Gasteiger partial charge on any atom is 0.221 e. The summed E-state index contributed by atoms with van der Waals surface area (Å²) in [6.45, 7) is 2.73. The Hall–Kier alpha value is -1.75. The number of ether oxygens (including phenoxy) is 2. The Morgan fingerprint density at radius 1 is 1.22 bits per heavy atom. The third-order valence-electron chi connectivity index (χ3n) is 2.29. The van der Waals surface area contributed by atoms with E-state index in [0.29, 0.717) is 11.3 Å². The Bertz CT molecular complexity index is 499. The molecule has 0 atom stereocenters. The number of amides is 1. The summed E-state index contributed by atoms with van der Waals surface area (Å²) in [6.07, 6.45) is 0. The summed E-state index contributed by atoms with van der Waals surface area (Å²) in [5.74, 6) is -0.0127. The van der Waals surface area contributed by atoms with Gasteiger partial charge in [-0.1, -0.05) is 11.6 Å². The van der Waals surface area contributed by atoms with Crippen LogP contribution in [0.2, 0.25) is 5.02 Å². The Balaban J connectivity index is 3.56. The van der Waals surface area contributed by atoms with Crippen molar-refractivity contribution in [2.24, 2.45) is 0 Å². The number of carbonyl (C=O) groups is 2. The highest BCUT2D eigenvalue weighted by molar-refractivity contribution is 6.36. The predicted octanol–water partition coefficient (Wildman–Crippen LogP) is 2.52. The van der Waals surface area contributed by atoms with Gasteiger partial charge < -0.3 is 14.8 Å². The number of hydrogen-bond acceptors (Lipinski definition) is 4. The van der Waals surface area contributed by atoms with Crippen LogP contribution in [0, 0.1) is 0 Å². The highest BCUT2D eigenvalue weighted by Crippen LogP contribution is 2.42. The molecule has 6 heteroatoms. The fourth-order valence-corrected chi connectivity index (χ4v) is 1.79. The second kappa shape index (κ2) is 5.73. The topological polar surface area (TPSA) is 64.6 Å².